The van der Waals surface area contributed by atoms with Crippen LogP contribution in [0.5, 0.6) is 5.75 Å². The van der Waals surface area contributed by atoms with Gasteiger partial charge in [0.2, 0.25) is 0 Å². The molecule has 1 atom stereocenters. The number of benzene rings is 2. The van der Waals surface area contributed by atoms with Crippen molar-refractivity contribution in [2.24, 2.45) is 0 Å². The minimum Gasteiger partial charge on any atom is -0.611 e. The molecule has 1 unspecified atom stereocenters. The van der Waals surface area contributed by atoms with Gasteiger partial charge in [-0.2, -0.15) is 0 Å². The number of carbonyl (C=O) groups is 1. The number of alkyl halides is 3. The minimum absolute atomic E-state index is 0.0466. The Bertz CT molecular complexity index is 729. The van der Waals surface area contributed by atoms with Gasteiger partial charge in [-0.05, 0) is 24.2 Å². The van der Waals surface area contributed by atoms with Crippen LogP contribution in [-0.4, -0.2) is 22.0 Å². The van der Waals surface area contributed by atoms with Gasteiger partial charge >= 0.3 is 12.3 Å². The van der Waals surface area contributed by atoms with E-state index in [0.717, 1.165) is 29.3 Å². The molecule has 0 aliphatic carbocycles. The summed E-state index contributed by atoms with van der Waals surface area (Å²) in [6, 6.07) is 9.89. The maximum absolute atomic E-state index is 12.4. The molecule has 0 spiro atoms. The molecule has 0 radical (unpaired) electrons. The highest BCUT2D eigenvalue weighted by Gasteiger charge is 2.32. The normalized spacial score (nSPS) is 12.7. The summed E-state index contributed by atoms with van der Waals surface area (Å²) >= 11 is -1.72. The molecular formula is C16H13F3O4S. The number of aryl methyl sites for hydroxylation is 1. The molecule has 0 saturated heterocycles. The van der Waals surface area contributed by atoms with Gasteiger partial charge in [0.25, 0.3) is 0 Å². The Labute approximate surface area is 139 Å². The first-order valence-corrected chi connectivity index (χ1v) is 8.04. The van der Waals surface area contributed by atoms with Gasteiger partial charge in [-0.25, -0.2) is 4.79 Å². The van der Waals surface area contributed by atoms with Crippen LogP contribution >= 0.6 is 0 Å². The molecule has 4 nitrogen and oxygen atoms in total. The first kappa shape index (κ1) is 18.2. The Morgan fingerprint density at radius 1 is 1.21 bits per heavy atom. The molecule has 0 aliphatic heterocycles. The van der Waals surface area contributed by atoms with Crippen molar-refractivity contribution in [3.05, 3.63) is 59.2 Å². The van der Waals surface area contributed by atoms with Gasteiger partial charge in [0, 0.05) is 17.7 Å². The SMILES string of the molecule is Cc1ccc(C[S+]([O-])c2cc(OC(F)(F)F)cc(C(=O)O)c2)cc1. The number of ether oxygens (including phenoxy) is 1. The van der Waals surface area contributed by atoms with Crippen LogP contribution in [0.2, 0.25) is 0 Å². The Morgan fingerprint density at radius 3 is 2.38 bits per heavy atom. The topological polar surface area (TPSA) is 69.6 Å². The second kappa shape index (κ2) is 7.14. The monoisotopic (exact) mass is 358 g/mol. The average molecular weight is 358 g/mol. The van der Waals surface area contributed by atoms with E-state index in [1.807, 2.05) is 19.1 Å². The molecule has 0 aliphatic rings. The highest BCUT2D eigenvalue weighted by molar-refractivity contribution is 7.90. The third-order valence-electron chi connectivity index (χ3n) is 3.04. The molecule has 0 amide bonds. The van der Waals surface area contributed by atoms with Gasteiger partial charge in [-0.1, -0.05) is 29.8 Å². The summed E-state index contributed by atoms with van der Waals surface area (Å²) in [7, 11) is 0. The summed E-state index contributed by atoms with van der Waals surface area (Å²) in [5.41, 5.74) is 1.31. The molecule has 0 heterocycles. The molecule has 24 heavy (non-hydrogen) atoms. The zero-order chi connectivity index (χ0) is 17.9. The lowest BCUT2D eigenvalue weighted by atomic mass is 10.2. The van der Waals surface area contributed by atoms with E-state index in [-0.39, 0.29) is 10.6 Å². The van der Waals surface area contributed by atoms with Crippen LogP contribution in [-0.2, 0) is 16.9 Å². The van der Waals surface area contributed by atoms with Crippen molar-refractivity contribution in [2.75, 3.05) is 0 Å². The summed E-state index contributed by atoms with van der Waals surface area (Å²) in [4.78, 5) is 11.0. The van der Waals surface area contributed by atoms with Crippen molar-refractivity contribution < 1.29 is 32.4 Å². The summed E-state index contributed by atoms with van der Waals surface area (Å²) in [6.07, 6.45) is -4.97. The molecule has 0 bridgehead atoms. The molecule has 0 aromatic heterocycles. The van der Waals surface area contributed by atoms with Gasteiger partial charge in [0.05, 0.1) is 5.56 Å². The highest BCUT2D eigenvalue weighted by Crippen LogP contribution is 2.28. The van der Waals surface area contributed by atoms with Crippen molar-refractivity contribution in [3.8, 4) is 5.75 Å². The fourth-order valence-corrected chi connectivity index (χ4v) is 3.11. The largest absolute Gasteiger partial charge is 0.611 e. The number of carboxylic acids is 1. The predicted molar refractivity (Wildman–Crippen MR) is 81.4 cm³/mol. The van der Waals surface area contributed by atoms with Crippen molar-refractivity contribution in [1.29, 1.82) is 0 Å². The Kier molecular flexibility index (Phi) is 5.40. The first-order chi connectivity index (χ1) is 11.1. The maximum atomic E-state index is 12.4. The second-order valence-electron chi connectivity index (χ2n) is 5.02. The molecular weight excluding hydrogens is 345 g/mol. The molecule has 128 valence electrons. The van der Waals surface area contributed by atoms with Crippen LogP contribution in [0.25, 0.3) is 0 Å². The van der Waals surface area contributed by atoms with Gasteiger partial charge in [-0.15, -0.1) is 13.2 Å². The van der Waals surface area contributed by atoms with Gasteiger partial charge < -0.3 is 14.4 Å². The van der Waals surface area contributed by atoms with Crippen LogP contribution in [0.3, 0.4) is 0 Å². The van der Waals surface area contributed by atoms with Crippen LogP contribution in [0.15, 0.2) is 47.4 Å². The molecule has 2 aromatic rings. The molecule has 2 rings (SSSR count). The molecule has 0 saturated carbocycles. The number of aromatic carboxylic acids is 1. The fourth-order valence-electron chi connectivity index (χ4n) is 1.94. The number of halogens is 3. The number of rotatable bonds is 5. The quantitative estimate of drug-likeness (QED) is 0.823. The van der Waals surface area contributed by atoms with E-state index in [1.165, 1.54) is 0 Å². The van der Waals surface area contributed by atoms with Crippen LogP contribution < -0.4 is 4.74 Å². The van der Waals surface area contributed by atoms with Crippen LogP contribution in [0.1, 0.15) is 21.5 Å². The van der Waals surface area contributed by atoms with E-state index in [0.29, 0.717) is 0 Å². The summed E-state index contributed by atoms with van der Waals surface area (Å²) < 4.78 is 53.2. The fraction of sp³-hybridized carbons (Fsp3) is 0.188. The lowest BCUT2D eigenvalue weighted by Gasteiger charge is -2.14. The maximum Gasteiger partial charge on any atom is 0.573 e. The number of hydrogen-bond acceptors (Lipinski definition) is 3. The Balaban J connectivity index is 2.29. The standard InChI is InChI=1S/C16H13F3O4S/c1-10-2-4-11(5-3-10)9-24(22)14-7-12(15(20)21)6-13(8-14)23-16(17,18)19/h2-8H,9H2,1H3,(H,20,21). The summed E-state index contributed by atoms with van der Waals surface area (Å²) in [5.74, 6) is -2.10. The average Bonchev–Trinajstić information content (AvgIpc) is 2.47. The third kappa shape index (κ3) is 5.17. The van der Waals surface area contributed by atoms with Crippen molar-refractivity contribution in [3.63, 3.8) is 0 Å². The smallest absolute Gasteiger partial charge is 0.573 e. The number of hydrogen-bond donors (Lipinski definition) is 1. The Hall–Kier alpha value is -2.19. The number of carboxylic acid groups (broad SMARTS) is 1. The van der Waals surface area contributed by atoms with E-state index in [4.69, 9.17) is 5.11 Å². The summed E-state index contributed by atoms with van der Waals surface area (Å²) in [6.45, 7) is 1.89. The van der Waals surface area contributed by atoms with Crippen LogP contribution in [0.4, 0.5) is 13.2 Å². The van der Waals surface area contributed by atoms with E-state index in [1.54, 1.807) is 12.1 Å². The molecule has 8 heteroatoms. The van der Waals surface area contributed by atoms with E-state index < -0.39 is 34.8 Å². The van der Waals surface area contributed by atoms with Gasteiger partial charge in [0.15, 0.2) is 4.90 Å². The lowest BCUT2D eigenvalue weighted by Crippen LogP contribution is -2.18. The third-order valence-corrected chi connectivity index (χ3v) is 4.40. The first-order valence-electron chi connectivity index (χ1n) is 6.72. The molecule has 1 N–H and O–H groups in total. The van der Waals surface area contributed by atoms with Crippen molar-refractivity contribution in [1.82, 2.24) is 0 Å². The predicted octanol–water partition coefficient (Wildman–Crippen LogP) is 3.90. The van der Waals surface area contributed by atoms with Crippen molar-refractivity contribution in [2.45, 2.75) is 23.9 Å². The minimum atomic E-state index is -4.97. The molecule has 0 fully saturated rings. The van der Waals surface area contributed by atoms with E-state index in [2.05, 4.69) is 4.74 Å². The Morgan fingerprint density at radius 2 is 1.83 bits per heavy atom. The van der Waals surface area contributed by atoms with Gasteiger partial charge in [-0.3, -0.25) is 0 Å². The zero-order valence-electron chi connectivity index (χ0n) is 12.5. The van der Waals surface area contributed by atoms with E-state index in [9.17, 15) is 22.5 Å². The van der Waals surface area contributed by atoms with Crippen LogP contribution in [0, 0.1) is 6.92 Å². The zero-order valence-corrected chi connectivity index (χ0v) is 13.3. The molecule has 2 aromatic carbocycles. The highest BCUT2D eigenvalue weighted by atomic mass is 32.2. The van der Waals surface area contributed by atoms with Crippen molar-refractivity contribution >= 4 is 17.1 Å². The lowest BCUT2D eigenvalue weighted by molar-refractivity contribution is -0.274. The second-order valence-corrected chi connectivity index (χ2v) is 6.47. The van der Waals surface area contributed by atoms with Gasteiger partial charge in [0.1, 0.15) is 11.5 Å². The van der Waals surface area contributed by atoms with E-state index >= 15 is 0 Å². The summed E-state index contributed by atoms with van der Waals surface area (Å²) in [5, 5.41) is 9.00.